The molecule has 76 heavy (non-hydrogen) atoms. The van der Waals surface area contributed by atoms with Crippen LogP contribution in [0.1, 0.15) is 128 Å². The van der Waals surface area contributed by atoms with Crippen molar-refractivity contribution >= 4 is 44.6 Å². The summed E-state index contributed by atoms with van der Waals surface area (Å²) in [6.45, 7) is 28.3. The van der Waals surface area contributed by atoms with Gasteiger partial charge in [0.25, 0.3) is 0 Å². The molecule has 0 amide bonds. The van der Waals surface area contributed by atoms with Crippen LogP contribution in [0.25, 0.3) is 27.6 Å². The van der Waals surface area contributed by atoms with E-state index in [2.05, 4.69) is 298 Å². The second-order valence-corrected chi connectivity index (χ2v) is 24.7. The molecule has 5 nitrogen and oxygen atoms in total. The molecule has 11 rings (SSSR count). The molecule has 0 N–H and O–H groups in total. The Morgan fingerprint density at radius 3 is 1.49 bits per heavy atom. The van der Waals surface area contributed by atoms with Gasteiger partial charge in [-0.2, -0.15) is 0 Å². The Kier molecular flexibility index (Phi) is 12.4. The Labute approximate surface area is 451 Å². The highest BCUT2D eigenvalue weighted by molar-refractivity contribution is 6.10. The lowest BCUT2D eigenvalue weighted by Crippen LogP contribution is -2.27. The summed E-state index contributed by atoms with van der Waals surface area (Å²) in [6.07, 6.45) is 1.94. The molecule has 0 fully saturated rings. The van der Waals surface area contributed by atoms with E-state index in [-0.39, 0.29) is 27.1 Å². The molecule has 5 heteroatoms. The smallest absolute Gasteiger partial charge is 0.137 e. The fraction of sp³-hybridized carbons (Fsp3) is 0.254. The van der Waals surface area contributed by atoms with Gasteiger partial charge in [0.05, 0.1) is 22.4 Å². The van der Waals surface area contributed by atoms with E-state index < -0.39 is 0 Å². The van der Waals surface area contributed by atoms with Crippen molar-refractivity contribution in [1.29, 1.82) is 0 Å². The van der Waals surface area contributed by atoms with Gasteiger partial charge in [-0.05, 0) is 128 Å². The third-order valence-electron chi connectivity index (χ3n) is 16.5. The first kappa shape index (κ1) is 50.3. The first-order chi connectivity index (χ1) is 36.2. The van der Waals surface area contributed by atoms with Crippen molar-refractivity contribution in [1.82, 2.24) is 9.55 Å². The van der Waals surface area contributed by atoms with E-state index in [0.29, 0.717) is 6.67 Å². The van der Waals surface area contributed by atoms with E-state index in [1.54, 1.807) is 0 Å². The summed E-state index contributed by atoms with van der Waals surface area (Å²) in [4.78, 5) is 9.97. The van der Waals surface area contributed by atoms with Crippen LogP contribution in [-0.4, -0.2) is 16.2 Å². The van der Waals surface area contributed by atoms with Crippen LogP contribution in [0.3, 0.4) is 0 Å². The van der Waals surface area contributed by atoms with Gasteiger partial charge in [0, 0.05) is 56.7 Å². The monoisotopic (exact) mass is 997 g/mol. The quantitative estimate of drug-likeness (QED) is 0.129. The van der Waals surface area contributed by atoms with Crippen molar-refractivity contribution in [3.63, 3.8) is 0 Å². The molecule has 3 heterocycles. The van der Waals surface area contributed by atoms with Crippen molar-refractivity contribution in [3.8, 4) is 17.3 Å². The molecule has 0 saturated heterocycles. The van der Waals surface area contributed by atoms with Gasteiger partial charge in [0.1, 0.15) is 24.0 Å². The first-order valence-corrected chi connectivity index (χ1v) is 27.0. The molecule has 10 aromatic rings. The van der Waals surface area contributed by atoms with Crippen molar-refractivity contribution in [2.24, 2.45) is 0 Å². The van der Waals surface area contributed by atoms with Gasteiger partial charge >= 0.3 is 0 Å². The lowest BCUT2D eigenvalue weighted by molar-refractivity contribution is 0.483. The molecule has 2 aromatic heterocycles. The molecule has 0 radical (unpaired) electrons. The number of pyridine rings is 1. The number of hydrogen-bond acceptors (Lipinski definition) is 4. The van der Waals surface area contributed by atoms with Crippen LogP contribution in [-0.2, 0) is 27.1 Å². The average Bonchev–Trinajstić information content (AvgIpc) is 3.99. The molecule has 8 aromatic carbocycles. The molecule has 382 valence electrons. The lowest BCUT2D eigenvalue weighted by Gasteiger charge is -2.33. The zero-order chi connectivity index (χ0) is 53.4. The largest absolute Gasteiger partial charge is 0.457 e. The van der Waals surface area contributed by atoms with Crippen LogP contribution in [0.15, 0.2) is 206 Å². The number of rotatable bonds is 11. The molecule has 1 aliphatic rings. The SMILES string of the molecule is CC(C)(C)c1ccnc(-n2c3ccc(C(C)(C)C)cc3c3ccc(Oc4cccc(N5CN(c6cc(C(C)(C)c7ccccc7)cc(C(C)(C)c7ccccc7)c6)c6cc(C(C)(C)c7ccccc7)ccc65)c4)cc32)c1. The highest BCUT2D eigenvalue weighted by atomic mass is 16.5. The van der Waals surface area contributed by atoms with Gasteiger partial charge in [0.15, 0.2) is 0 Å². The maximum absolute atomic E-state index is 6.96. The minimum atomic E-state index is -0.274. The fourth-order valence-corrected chi connectivity index (χ4v) is 11.3. The first-order valence-electron chi connectivity index (χ1n) is 27.0. The summed E-state index contributed by atoms with van der Waals surface area (Å²) < 4.78 is 9.26. The lowest BCUT2D eigenvalue weighted by atomic mass is 9.73. The highest BCUT2D eigenvalue weighted by Crippen LogP contribution is 2.50. The predicted octanol–water partition coefficient (Wildman–Crippen LogP) is 18.8. The van der Waals surface area contributed by atoms with Gasteiger partial charge in [0.2, 0.25) is 0 Å². The molecule has 0 atom stereocenters. The number of benzene rings is 8. The zero-order valence-electron chi connectivity index (χ0n) is 46.5. The van der Waals surface area contributed by atoms with Gasteiger partial charge < -0.3 is 14.5 Å². The molecule has 0 unspecified atom stereocenters. The molecule has 0 spiro atoms. The Morgan fingerprint density at radius 1 is 0.355 bits per heavy atom. The number of fused-ring (bicyclic) bond motifs is 4. The van der Waals surface area contributed by atoms with E-state index in [9.17, 15) is 0 Å². The van der Waals surface area contributed by atoms with Crippen LogP contribution >= 0.6 is 0 Å². The predicted molar refractivity (Wildman–Crippen MR) is 320 cm³/mol. The van der Waals surface area contributed by atoms with E-state index >= 15 is 0 Å². The van der Waals surface area contributed by atoms with Gasteiger partial charge in [-0.25, -0.2) is 4.98 Å². The van der Waals surface area contributed by atoms with Gasteiger partial charge in [-0.3, -0.25) is 4.57 Å². The number of anilines is 4. The standard InChI is InChI=1S/C71H72N4O/c1-67(2,3)51-31-35-62-61(42-51)60-34-33-59(46-64(60)75(62)66-44-52(37-38-72-66)68(4,5)6)76-58-30-22-29-56(45-58)73-47-74(65-43-53(32-36-63(65)73)69(7,8)48-23-16-13-17-24-48)57-40-54(70(9,10)49-25-18-14-19-26-49)39-55(41-57)71(11,12)50-27-20-15-21-28-50/h13-46H,47H2,1-12H3. The summed E-state index contributed by atoms with van der Waals surface area (Å²) >= 11 is 0. The minimum Gasteiger partial charge on any atom is -0.457 e. The zero-order valence-corrected chi connectivity index (χ0v) is 46.5. The molecular weight excluding hydrogens is 925 g/mol. The second kappa shape index (κ2) is 18.7. The summed E-state index contributed by atoms with van der Waals surface area (Å²) in [5, 5.41) is 2.37. The molecule has 1 aliphatic heterocycles. The number of aromatic nitrogens is 2. The third-order valence-corrected chi connectivity index (χ3v) is 16.5. The summed E-state index contributed by atoms with van der Waals surface area (Å²) in [5.41, 5.74) is 16.1. The number of hydrogen-bond donors (Lipinski definition) is 0. The Morgan fingerprint density at radius 2 is 0.895 bits per heavy atom. The van der Waals surface area contributed by atoms with Crippen molar-refractivity contribution in [3.05, 3.63) is 251 Å². The topological polar surface area (TPSA) is 33.5 Å². The normalized spacial score (nSPS) is 13.4. The van der Waals surface area contributed by atoms with Gasteiger partial charge in [-0.1, -0.05) is 198 Å². The molecule has 0 aliphatic carbocycles. The number of ether oxygens (including phenoxy) is 1. The van der Waals surface area contributed by atoms with Crippen molar-refractivity contribution in [2.75, 3.05) is 16.5 Å². The summed E-state index contributed by atoms with van der Waals surface area (Å²) in [7, 11) is 0. The van der Waals surface area contributed by atoms with Crippen LogP contribution in [0.5, 0.6) is 11.5 Å². The van der Waals surface area contributed by atoms with Crippen LogP contribution < -0.4 is 14.5 Å². The summed E-state index contributed by atoms with van der Waals surface area (Å²) in [5.74, 6) is 2.43. The van der Waals surface area contributed by atoms with Crippen molar-refractivity contribution < 1.29 is 4.74 Å². The Bertz CT molecular complexity index is 3690. The minimum absolute atomic E-state index is 0.000552. The third kappa shape index (κ3) is 9.14. The number of nitrogens with zero attached hydrogens (tertiary/aromatic N) is 4. The highest BCUT2D eigenvalue weighted by Gasteiger charge is 2.35. The molecular formula is C71H72N4O. The maximum Gasteiger partial charge on any atom is 0.137 e. The Balaban J connectivity index is 1.02. The van der Waals surface area contributed by atoms with Gasteiger partial charge in [-0.15, -0.1) is 0 Å². The van der Waals surface area contributed by atoms with E-state index in [4.69, 9.17) is 9.72 Å². The van der Waals surface area contributed by atoms with Crippen LogP contribution in [0.4, 0.5) is 22.7 Å². The fourth-order valence-electron chi connectivity index (χ4n) is 11.3. The van der Waals surface area contributed by atoms with E-state index in [1.165, 1.54) is 61.0 Å². The Hall–Kier alpha value is -7.89. The molecule has 0 bridgehead atoms. The summed E-state index contributed by atoms with van der Waals surface area (Å²) in [6, 6.07) is 73.6. The maximum atomic E-state index is 6.96. The second-order valence-electron chi connectivity index (χ2n) is 24.7. The van der Waals surface area contributed by atoms with Crippen LogP contribution in [0, 0.1) is 0 Å². The van der Waals surface area contributed by atoms with Crippen molar-refractivity contribution in [2.45, 2.75) is 110 Å². The van der Waals surface area contributed by atoms with Crippen LogP contribution in [0.2, 0.25) is 0 Å². The molecule has 0 saturated carbocycles. The van der Waals surface area contributed by atoms with E-state index in [1.807, 2.05) is 6.20 Å². The van der Waals surface area contributed by atoms with E-state index in [0.717, 1.165) is 45.4 Å². The average molecular weight is 997 g/mol.